The molecule has 4 heterocycles. The van der Waals surface area contributed by atoms with E-state index in [9.17, 15) is 13.2 Å². The molecule has 2 bridgehead atoms. The number of fused-ring (bicyclic) bond motifs is 3. The fraction of sp³-hybridized carbons (Fsp3) is 0.400. The number of nitrogens with zero attached hydrogens (tertiary/aromatic N) is 5. The molecule has 3 aromatic heterocycles. The van der Waals surface area contributed by atoms with Crippen LogP contribution in [-0.4, -0.2) is 32.1 Å². The summed E-state index contributed by atoms with van der Waals surface area (Å²) in [5.41, 5.74) is 2.16. The van der Waals surface area contributed by atoms with Gasteiger partial charge in [-0.25, -0.2) is 9.50 Å². The van der Waals surface area contributed by atoms with Gasteiger partial charge in [0.15, 0.2) is 11.5 Å². The smallest absolute Gasteiger partial charge is 0.362 e. The van der Waals surface area contributed by atoms with Crippen molar-refractivity contribution in [2.75, 3.05) is 18.0 Å². The molecule has 5 nitrogen and oxygen atoms in total. The molecule has 176 valence electrons. The summed E-state index contributed by atoms with van der Waals surface area (Å²) in [6.45, 7) is 4.10. The molecule has 1 saturated carbocycles. The van der Waals surface area contributed by atoms with Gasteiger partial charge in [-0.15, -0.1) is 0 Å². The van der Waals surface area contributed by atoms with E-state index < -0.39 is 11.7 Å². The molecule has 0 radical (unpaired) electrons. The highest BCUT2D eigenvalue weighted by atomic mass is 32.1. The predicted molar refractivity (Wildman–Crippen MR) is 126 cm³/mol. The first kappa shape index (κ1) is 21.6. The van der Waals surface area contributed by atoms with Crippen LogP contribution in [0.25, 0.3) is 16.8 Å². The average molecular weight is 484 g/mol. The molecule has 0 N–H and O–H groups in total. The minimum absolute atomic E-state index is 0.493. The first-order valence-electron chi connectivity index (χ1n) is 11.6. The van der Waals surface area contributed by atoms with E-state index in [0.29, 0.717) is 34.5 Å². The molecule has 3 atom stereocenters. The normalized spacial score (nSPS) is 22.6. The van der Waals surface area contributed by atoms with E-state index >= 15 is 0 Å². The van der Waals surface area contributed by atoms with E-state index in [-0.39, 0.29) is 0 Å². The number of anilines is 1. The van der Waals surface area contributed by atoms with Gasteiger partial charge in [0.05, 0.1) is 11.3 Å². The van der Waals surface area contributed by atoms with Crippen LogP contribution in [-0.2, 0) is 12.6 Å². The molecule has 2 aliphatic rings. The molecule has 1 unspecified atom stereocenters. The molecule has 2 fully saturated rings. The summed E-state index contributed by atoms with van der Waals surface area (Å²) in [6, 6.07) is 11.2. The Kier molecular flexibility index (Phi) is 5.13. The van der Waals surface area contributed by atoms with Gasteiger partial charge >= 0.3 is 6.18 Å². The van der Waals surface area contributed by atoms with Gasteiger partial charge in [0.2, 0.25) is 0 Å². The van der Waals surface area contributed by atoms with Crippen LogP contribution in [0.5, 0.6) is 0 Å². The number of aryl methyl sites for hydroxylation is 1. The van der Waals surface area contributed by atoms with Crippen LogP contribution >= 0.6 is 11.5 Å². The van der Waals surface area contributed by atoms with Crippen molar-refractivity contribution in [3.63, 3.8) is 0 Å². The Bertz CT molecular complexity index is 1330. The van der Waals surface area contributed by atoms with E-state index in [1.807, 2.05) is 19.2 Å². The number of aromatic nitrogens is 4. The molecule has 1 saturated heterocycles. The molecule has 0 amide bonds. The molecule has 1 aliphatic carbocycles. The second-order valence-corrected chi connectivity index (χ2v) is 10.3. The molecule has 1 aliphatic heterocycles. The summed E-state index contributed by atoms with van der Waals surface area (Å²) in [7, 11) is 0. The number of hydrogen-bond donors (Lipinski definition) is 0. The van der Waals surface area contributed by atoms with Crippen LogP contribution < -0.4 is 4.90 Å². The Morgan fingerprint density at radius 1 is 1.06 bits per heavy atom. The summed E-state index contributed by atoms with van der Waals surface area (Å²) >= 11 is 1.58. The van der Waals surface area contributed by atoms with Crippen molar-refractivity contribution >= 4 is 22.2 Å². The zero-order valence-electron chi connectivity index (χ0n) is 18.7. The maximum atomic E-state index is 13.2. The number of pyridine rings is 1. The van der Waals surface area contributed by atoms with Crippen molar-refractivity contribution in [2.45, 2.75) is 32.4 Å². The molecular formula is C25H24F3N5S. The number of piperidine rings is 1. The minimum Gasteiger partial charge on any atom is -0.362 e. The molecule has 0 spiro atoms. The highest BCUT2D eigenvalue weighted by Gasteiger charge is 2.42. The Morgan fingerprint density at radius 3 is 2.56 bits per heavy atom. The molecule has 34 heavy (non-hydrogen) atoms. The van der Waals surface area contributed by atoms with Crippen molar-refractivity contribution < 1.29 is 13.2 Å². The maximum absolute atomic E-state index is 13.2. The van der Waals surface area contributed by atoms with Crippen LogP contribution in [0, 0.1) is 24.7 Å². The van der Waals surface area contributed by atoms with Gasteiger partial charge < -0.3 is 4.90 Å². The second-order valence-electron chi connectivity index (χ2n) is 9.47. The third-order valence-corrected chi connectivity index (χ3v) is 8.22. The Hall–Kier alpha value is -2.94. The first-order chi connectivity index (χ1) is 16.3. The van der Waals surface area contributed by atoms with E-state index in [1.165, 1.54) is 30.0 Å². The van der Waals surface area contributed by atoms with Crippen molar-refractivity contribution in [3.8, 4) is 11.1 Å². The first-order valence-corrected chi connectivity index (χ1v) is 12.3. The lowest BCUT2D eigenvalue weighted by molar-refractivity contribution is -0.137. The summed E-state index contributed by atoms with van der Waals surface area (Å²) in [6.07, 6.45) is 0.658. The molecule has 6 rings (SSSR count). The molecular weight excluding hydrogens is 459 g/mol. The molecule has 4 aromatic rings. The van der Waals surface area contributed by atoms with Crippen LogP contribution in [0.1, 0.15) is 29.9 Å². The summed E-state index contributed by atoms with van der Waals surface area (Å²) in [5.74, 6) is 2.48. The maximum Gasteiger partial charge on any atom is 0.416 e. The summed E-state index contributed by atoms with van der Waals surface area (Å²) in [4.78, 5) is 7.28. The summed E-state index contributed by atoms with van der Waals surface area (Å²) in [5, 5.41) is 5.96. The highest BCUT2D eigenvalue weighted by molar-refractivity contribution is 7.10. The van der Waals surface area contributed by atoms with Crippen LogP contribution in [0.4, 0.5) is 18.2 Å². The van der Waals surface area contributed by atoms with Gasteiger partial charge in [-0.2, -0.15) is 22.6 Å². The van der Waals surface area contributed by atoms with Crippen LogP contribution in [0.3, 0.4) is 0 Å². The highest BCUT2D eigenvalue weighted by Crippen LogP contribution is 2.45. The lowest BCUT2D eigenvalue weighted by atomic mass is 9.82. The molecule has 9 heteroatoms. The fourth-order valence-corrected chi connectivity index (χ4v) is 6.46. The van der Waals surface area contributed by atoms with Crippen molar-refractivity contribution in [1.82, 2.24) is 19.0 Å². The lowest BCUT2D eigenvalue weighted by Gasteiger charge is -2.38. The molecule has 1 aromatic carbocycles. The van der Waals surface area contributed by atoms with Crippen molar-refractivity contribution in [3.05, 3.63) is 65.7 Å². The number of rotatable bonds is 4. The minimum atomic E-state index is -4.38. The zero-order valence-corrected chi connectivity index (χ0v) is 19.5. The van der Waals surface area contributed by atoms with E-state index in [1.54, 1.807) is 28.2 Å². The average Bonchev–Trinajstić information content (AvgIpc) is 3.48. The van der Waals surface area contributed by atoms with E-state index in [4.69, 9.17) is 10.1 Å². The lowest BCUT2D eigenvalue weighted by Crippen LogP contribution is -2.42. The monoisotopic (exact) mass is 483 g/mol. The topological polar surface area (TPSA) is 46.3 Å². The van der Waals surface area contributed by atoms with E-state index in [2.05, 4.69) is 15.3 Å². The van der Waals surface area contributed by atoms with Gasteiger partial charge in [0.1, 0.15) is 5.00 Å². The zero-order chi connectivity index (χ0) is 23.4. The SMILES string of the molecule is Cc1cc(N2C[C@H]3CC[C@@H](C2)C3Cc2nc3c(-c4cccc(C(F)(F)F)c4)cccn3n2)sn1. The van der Waals surface area contributed by atoms with E-state index in [0.717, 1.165) is 37.1 Å². The van der Waals surface area contributed by atoms with Crippen molar-refractivity contribution in [1.29, 1.82) is 0 Å². The largest absolute Gasteiger partial charge is 0.416 e. The Balaban J connectivity index is 1.26. The van der Waals surface area contributed by atoms with Gasteiger partial charge in [0, 0.05) is 31.3 Å². The van der Waals surface area contributed by atoms with Gasteiger partial charge in [-0.1, -0.05) is 12.1 Å². The number of hydrogen-bond acceptors (Lipinski definition) is 5. The second kappa shape index (κ2) is 8.08. The van der Waals surface area contributed by atoms with Crippen LogP contribution in [0.2, 0.25) is 0 Å². The number of benzene rings is 1. The number of alkyl halides is 3. The standard InChI is InChI=1S/C25H24F3N5S/c1-15-10-23(34-31-15)32-13-17-7-8-18(14-32)21(17)12-22-29-24-20(6-3-9-33(24)30-22)16-4-2-5-19(11-16)25(26,27)28/h2-6,9-11,17-18,21H,7-8,12-14H2,1H3/t17-,18+,21?. The van der Waals surface area contributed by atoms with Crippen molar-refractivity contribution in [2.24, 2.45) is 17.8 Å². The summed E-state index contributed by atoms with van der Waals surface area (Å²) < 4.78 is 45.9. The fourth-order valence-electron chi connectivity index (χ4n) is 5.68. The third-order valence-electron chi connectivity index (χ3n) is 7.28. The van der Waals surface area contributed by atoms with Crippen LogP contribution in [0.15, 0.2) is 48.7 Å². The predicted octanol–water partition coefficient (Wildman–Crippen LogP) is 5.89. The van der Waals surface area contributed by atoms with Gasteiger partial charge in [-0.05, 0) is 84.9 Å². The number of halogens is 3. The quantitative estimate of drug-likeness (QED) is 0.363. The Labute approximate surface area is 199 Å². The van der Waals surface area contributed by atoms with Gasteiger partial charge in [0.25, 0.3) is 0 Å². The third kappa shape index (κ3) is 3.85. The van der Waals surface area contributed by atoms with Gasteiger partial charge in [-0.3, -0.25) is 0 Å². The Morgan fingerprint density at radius 2 is 1.85 bits per heavy atom.